The lowest BCUT2D eigenvalue weighted by Gasteiger charge is -2.27. The summed E-state index contributed by atoms with van der Waals surface area (Å²) < 4.78 is -0.461. The molecule has 2 rings (SSSR count). The van der Waals surface area contributed by atoms with E-state index in [9.17, 15) is 14.9 Å². The summed E-state index contributed by atoms with van der Waals surface area (Å²) >= 11 is 17.8. The summed E-state index contributed by atoms with van der Waals surface area (Å²) in [6.45, 7) is 1.69. The van der Waals surface area contributed by atoms with Crippen LogP contribution >= 0.6 is 34.8 Å². The average Bonchev–Trinajstić information content (AvgIpc) is 2.93. The first-order valence-corrected chi connectivity index (χ1v) is 8.66. The summed E-state index contributed by atoms with van der Waals surface area (Å²) in [6, 6.07) is 8.93. The SMILES string of the molecule is Cc1ncc([N+](=O)[O-])n1CCC(=O)N[C@H](Nc1ccccc1)C(Cl)(Cl)Cl. The van der Waals surface area contributed by atoms with Crippen LogP contribution in [0, 0.1) is 17.0 Å². The van der Waals surface area contributed by atoms with E-state index in [-0.39, 0.29) is 18.8 Å². The van der Waals surface area contributed by atoms with Crippen LogP contribution in [0.5, 0.6) is 0 Å². The summed E-state index contributed by atoms with van der Waals surface area (Å²) in [5.74, 6) is -0.187. The minimum atomic E-state index is -1.80. The zero-order chi connectivity index (χ0) is 19.3. The van der Waals surface area contributed by atoms with Crippen LogP contribution in [0.15, 0.2) is 36.5 Å². The fourth-order valence-corrected chi connectivity index (χ4v) is 2.55. The number of nitrogens with one attached hydrogen (secondary N) is 2. The van der Waals surface area contributed by atoms with Gasteiger partial charge in [-0.15, -0.1) is 0 Å². The first kappa shape index (κ1) is 20.3. The van der Waals surface area contributed by atoms with Gasteiger partial charge in [0.25, 0.3) is 0 Å². The van der Waals surface area contributed by atoms with Crippen molar-refractivity contribution in [3.8, 4) is 0 Å². The summed E-state index contributed by atoms with van der Waals surface area (Å²) in [7, 11) is 0. The number of imidazole rings is 1. The van der Waals surface area contributed by atoms with Crippen LogP contribution in [0.3, 0.4) is 0 Å². The van der Waals surface area contributed by atoms with E-state index in [4.69, 9.17) is 34.8 Å². The topological polar surface area (TPSA) is 102 Å². The van der Waals surface area contributed by atoms with Gasteiger partial charge in [0.2, 0.25) is 9.70 Å². The fraction of sp³-hybridized carbons (Fsp3) is 0.333. The van der Waals surface area contributed by atoms with E-state index in [1.165, 1.54) is 4.57 Å². The van der Waals surface area contributed by atoms with Crippen molar-refractivity contribution in [1.82, 2.24) is 14.9 Å². The molecule has 26 heavy (non-hydrogen) atoms. The predicted octanol–water partition coefficient (Wildman–Crippen LogP) is 3.41. The zero-order valence-corrected chi connectivity index (χ0v) is 15.9. The second-order valence-electron chi connectivity index (χ2n) is 5.37. The normalized spacial score (nSPS) is 12.5. The maximum absolute atomic E-state index is 12.2. The van der Waals surface area contributed by atoms with E-state index in [0.29, 0.717) is 11.5 Å². The number of amides is 1. The molecule has 0 unspecified atom stereocenters. The van der Waals surface area contributed by atoms with E-state index >= 15 is 0 Å². The van der Waals surface area contributed by atoms with Crippen molar-refractivity contribution in [2.45, 2.75) is 29.8 Å². The number of alkyl halides is 3. The minimum absolute atomic E-state index is 0.0498. The molecule has 11 heteroatoms. The number of hydrogen-bond donors (Lipinski definition) is 2. The van der Waals surface area contributed by atoms with Gasteiger partial charge < -0.3 is 20.7 Å². The average molecular weight is 421 g/mol. The summed E-state index contributed by atoms with van der Waals surface area (Å²) in [5.41, 5.74) is 0.658. The molecule has 0 saturated carbocycles. The summed E-state index contributed by atoms with van der Waals surface area (Å²) in [4.78, 5) is 26.6. The minimum Gasteiger partial charge on any atom is -0.362 e. The lowest BCUT2D eigenvalue weighted by Crippen LogP contribution is -2.49. The van der Waals surface area contributed by atoms with E-state index in [1.807, 2.05) is 6.07 Å². The van der Waals surface area contributed by atoms with Gasteiger partial charge in [0, 0.05) is 12.6 Å². The first-order valence-electron chi connectivity index (χ1n) is 7.52. The third-order valence-corrected chi connectivity index (χ3v) is 4.16. The number of anilines is 1. The van der Waals surface area contributed by atoms with Crippen molar-refractivity contribution < 1.29 is 9.72 Å². The summed E-state index contributed by atoms with van der Waals surface area (Å²) in [6.07, 6.45) is 0.112. The third-order valence-electron chi connectivity index (χ3n) is 3.50. The molecular weight excluding hydrogens is 405 g/mol. The summed E-state index contributed by atoms with van der Waals surface area (Å²) in [5, 5.41) is 16.5. The van der Waals surface area contributed by atoms with Gasteiger partial charge in [0.15, 0.2) is 5.82 Å². The highest BCUT2D eigenvalue weighted by molar-refractivity contribution is 6.68. The highest BCUT2D eigenvalue weighted by atomic mass is 35.6. The highest BCUT2D eigenvalue weighted by Crippen LogP contribution is 2.31. The van der Waals surface area contributed by atoms with Crippen molar-refractivity contribution >= 4 is 52.2 Å². The number of carbonyl (C=O) groups excluding carboxylic acids is 1. The fourth-order valence-electron chi connectivity index (χ4n) is 2.23. The number of benzene rings is 1. The molecular formula is C15H16Cl3N5O3. The van der Waals surface area contributed by atoms with Gasteiger partial charge >= 0.3 is 5.82 Å². The van der Waals surface area contributed by atoms with Crippen molar-refractivity contribution in [3.05, 3.63) is 52.5 Å². The number of para-hydroxylation sites is 1. The van der Waals surface area contributed by atoms with Gasteiger partial charge in [-0.25, -0.2) is 9.55 Å². The van der Waals surface area contributed by atoms with Crippen molar-refractivity contribution in [3.63, 3.8) is 0 Å². The Bertz CT molecular complexity index is 777. The number of halogens is 3. The molecule has 0 spiro atoms. The molecule has 0 aliphatic rings. The van der Waals surface area contributed by atoms with Crippen molar-refractivity contribution in [2.24, 2.45) is 0 Å². The highest BCUT2D eigenvalue weighted by Gasteiger charge is 2.34. The second kappa shape index (κ2) is 8.57. The largest absolute Gasteiger partial charge is 0.362 e. The first-order chi connectivity index (χ1) is 12.2. The molecule has 140 valence electrons. The van der Waals surface area contributed by atoms with Gasteiger partial charge in [-0.05, 0) is 17.1 Å². The molecule has 0 aliphatic carbocycles. The Morgan fingerprint density at radius 1 is 1.35 bits per heavy atom. The number of aromatic nitrogens is 2. The van der Waals surface area contributed by atoms with Gasteiger partial charge in [-0.2, -0.15) is 0 Å². The van der Waals surface area contributed by atoms with Crippen LogP contribution in [0.25, 0.3) is 0 Å². The molecule has 1 atom stereocenters. The van der Waals surface area contributed by atoms with Crippen LogP contribution in [-0.4, -0.2) is 30.3 Å². The predicted molar refractivity (Wildman–Crippen MR) is 101 cm³/mol. The molecule has 0 saturated heterocycles. The number of aryl methyl sites for hydroxylation is 1. The van der Waals surface area contributed by atoms with Crippen molar-refractivity contribution in [1.29, 1.82) is 0 Å². The Hall–Kier alpha value is -2.03. The molecule has 1 aromatic heterocycles. The molecule has 2 aromatic rings. The Labute approximate surface area is 164 Å². The quantitative estimate of drug-likeness (QED) is 0.309. The molecule has 1 heterocycles. The number of carbonyl (C=O) groups is 1. The van der Waals surface area contributed by atoms with Crippen molar-refractivity contribution in [2.75, 3.05) is 5.32 Å². The lowest BCUT2D eigenvalue weighted by molar-refractivity contribution is -0.392. The van der Waals surface area contributed by atoms with Gasteiger partial charge in [0.1, 0.15) is 18.9 Å². The maximum Gasteiger partial charge on any atom is 0.342 e. The van der Waals surface area contributed by atoms with Gasteiger partial charge in [-0.1, -0.05) is 53.0 Å². The third kappa shape index (κ3) is 5.48. The van der Waals surface area contributed by atoms with E-state index in [2.05, 4.69) is 15.6 Å². The number of hydrogen-bond acceptors (Lipinski definition) is 5. The van der Waals surface area contributed by atoms with Gasteiger partial charge in [-0.3, -0.25) is 4.79 Å². The lowest BCUT2D eigenvalue weighted by atomic mass is 10.3. The Morgan fingerprint density at radius 2 is 2.00 bits per heavy atom. The Morgan fingerprint density at radius 3 is 2.58 bits per heavy atom. The van der Waals surface area contributed by atoms with Crippen LogP contribution in [0.1, 0.15) is 12.2 Å². The number of rotatable bonds is 7. The number of nitro groups is 1. The maximum atomic E-state index is 12.2. The van der Waals surface area contributed by atoms with E-state index in [0.717, 1.165) is 6.20 Å². The Balaban J connectivity index is 2.02. The molecule has 0 bridgehead atoms. The zero-order valence-electron chi connectivity index (χ0n) is 13.7. The van der Waals surface area contributed by atoms with Crippen LogP contribution in [-0.2, 0) is 11.3 Å². The van der Waals surface area contributed by atoms with E-state index < -0.39 is 20.8 Å². The monoisotopic (exact) mass is 419 g/mol. The van der Waals surface area contributed by atoms with Crippen LogP contribution in [0.2, 0.25) is 0 Å². The molecule has 0 aliphatic heterocycles. The molecule has 0 fully saturated rings. The Kier molecular flexibility index (Phi) is 6.69. The molecule has 1 amide bonds. The van der Waals surface area contributed by atoms with E-state index in [1.54, 1.807) is 31.2 Å². The molecule has 2 N–H and O–H groups in total. The van der Waals surface area contributed by atoms with Gasteiger partial charge in [0.05, 0.1) is 6.42 Å². The smallest absolute Gasteiger partial charge is 0.342 e. The molecule has 0 radical (unpaired) electrons. The molecule has 1 aromatic carbocycles. The standard InChI is InChI=1S/C15H16Cl3N5O3/c1-10-19-9-13(23(25)26)22(10)8-7-12(24)21-14(15(16,17)18)20-11-5-3-2-4-6-11/h2-6,9,14,20H,7-8H2,1H3,(H,21,24)/t14-/m0/s1. The second-order valence-corrected chi connectivity index (χ2v) is 7.74. The van der Waals surface area contributed by atoms with Crippen LogP contribution < -0.4 is 10.6 Å². The van der Waals surface area contributed by atoms with Crippen LogP contribution in [0.4, 0.5) is 11.5 Å². The molecule has 8 nitrogen and oxygen atoms in total. The number of nitrogens with zero attached hydrogens (tertiary/aromatic N) is 3.